The van der Waals surface area contributed by atoms with Gasteiger partial charge in [0.1, 0.15) is 5.69 Å². The highest BCUT2D eigenvalue weighted by molar-refractivity contribution is 5.94. The Kier molecular flexibility index (Phi) is 3.93. The first-order chi connectivity index (χ1) is 11.6. The van der Waals surface area contributed by atoms with E-state index in [9.17, 15) is 4.79 Å². The largest absolute Gasteiger partial charge is 0.340 e. The number of nitrogens with zero attached hydrogens (tertiary/aromatic N) is 2. The van der Waals surface area contributed by atoms with Gasteiger partial charge in [0.05, 0.1) is 0 Å². The van der Waals surface area contributed by atoms with Crippen LogP contribution < -0.4 is 5.32 Å². The number of hydrogen-bond acceptors (Lipinski definition) is 2. The van der Waals surface area contributed by atoms with Gasteiger partial charge in [0.2, 0.25) is 0 Å². The predicted octanol–water partition coefficient (Wildman–Crippen LogP) is 3.05. The van der Waals surface area contributed by atoms with Crippen molar-refractivity contribution in [3.8, 4) is 11.3 Å². The average Bonchev–Trinajstić information content (AvgIpc) is 3.16. The predicted molar refractivity (Wildman–Crippen MR) is 95.9 cm³/mol. The van der Waals surface area contributed by atoms with E-state index >= 15 is 0 Å². The van der Waals surface area contributed by atoms with Crippen LogP contribution in [-0.2, 0) is 7.05 Å². The summed E-state index contributed by atoms with van der Waals surface area (Å²) in [6, 6.07) is 15.8. The molecule has 126 valence electrons. The van der Waals surface area contributed by atoms with E-state index in [0.717, 1.165) is 29.8 Å². The summed E-state index contributed by atoms with van der Waals surface area (Å²) in [7, 11) is 3.95. The summed E-state index contributed by atoms with van der Waals surface area (Å²) in [5.41, 5.74) is 2.99. The molecule has 1 aromatic carbocycles. The summed E-state index contributed by atoms with van der Waals surface area (Å²) >= 11 is 0. The van der Waals surface area contributed by atoms with Gasteiger partial charge in [-0.25, -0.2) is 0 Å². The first-order valence-electron chi connectivity index (χ1n) is 8.88. The molecule has 2 aliphatic heterocycles. The molecule has 0 saturated carbocycles. The molecule has 2 aliphatic rings. The van der Waals surface area contributed by atoms with Crippen LogP contribution in [0, 0.1) is 0 Å². The monoisotopic (exact) mass is 323 g/mol. The molecule has 0 aliphatic carbocycles. The Morgan fingerprint density at radius 1 is 1.08 bits per heavy atom. The van der Waals surface area contributed by atoms with Crippen LogP contribution in [0.1, 0.15) is 36.2 Å². The normalized spacial score (nSPS) is 25.7. The summed E-state index contributed by atoms with van der Waals surface area (Å²) in [6.45, 7) is 0. The van der Waals surface area contributed by atoms with Crippen LogP contribution >= 0.6 is 0 Å². The number of amides is 1. The quantitative estimate of drug-likeness (QED) is 0.943. The maximum Gasteiger partial charge on any atom is 0.270 e. The minimum atomic E-state index is 0.131. The van der Waals surface area contributed by atoms with Gasteiger partial charge < -0.3 is 14.8 Å². The summed E-state index contributed by atoms with van der Waals surface area (Å²) in [5, 5.41) is 3.65. The molecular weight excluding hydrogens is 298 g/mol. The lowest BCUT2D eigenvalue weighted by Gasteiger charge is -2.35. The lowest BCUT2D eigenvalue weighted by Crippen LogP contribution is -2.49. The van der Waals surface area contributed by atoms with Gasteiger partial charge in [-0.15, -0.1) is 0 Å². The van der Waals surface area contributed by atoms with Crippen molar-refractivity contribution in [1.82, 2.24) is 14.8 Å². The van der Waals surface area contributed by atoms with Gasteiger partial charge >= 0.3 is 0 Å². The van der Waals surface area contributed by atoms with Gasteiger partial charge in [-0.3, -0.25) is 4.79 Å². The molecule has 2 aromatic rings. The Hall–Kier alpha value is -2.07. The molecule has 1 aromatic heterocycles. The number of nitrogens with one attached hydrogen (secondary N) is 1. The molecule has 24 heavy (non-hydrogen) atoms. The number of benzene rings is 1. The number of aromatic nitrogens is 1. The molecule has 4 rings (SSSR count). The minimum Gasteiger partial charge on any atom is -0.340 e. The van der Waals surface area contributed by atoms with Crippen LogP contribution in [0.25, 0.3) is 11.3 Å². The second-order valence-electron chi connectivity index (χ2n) is 7.21. The van der Waals surface area contributed by atoms with E-state index in [2.05, 4.69) is 17.4 Å². The van der Waals surface area contributed by atoms with Gasteiger partial charge in [-0.05, 0) is 43.4 Å². The summed E-state index contributed by atoms with van der Waals surface area (Å²) in [4.78, 5) is 15.0. The first-order valence-corrected chi connectivity index (χ1v) is 8.88. The van der Waals surface area contributed by atoms with Crippen LogP contribution in [0.15, 0.2) is 42.5 Å². The zero-order valence-electron chi connectivity index (χ0n) is 14.4. The Bertz CT molecular complexity index is 725. The second kappa shape index (κ2) is 6.10. The number of carbonyl (C=O) groups excluding carboxylic acids is 1. The van der Waals surface area contributed by atoms with Gasteiger partial charge in [-0.2, -0.15) is 0 Å². The lowest BCUT2D eigenvalue weighted by molar-refractivity contribution is 0.0672. The topological polar surface area (TPSA) is 37.3 Å². The molecule has 4 heteroatoms. The highest BCUT2D eigenvalue weighted by Crippen LogP contribution is 2.30. The van der Waals surface area contributed by atoms with Crippen molar-refractivity contribution in [3.05, 3.63) is 48.2 Å². The van der Waals surface area contributed by atoms with Crippen molar-refractivity contribution in [2.45, 2.75) is 43.8 Å². The van der Waals surface area contributed by atoms with Crippen LogP contribution in [0.4, 0.5) is 0 Å². The van der Waals surface area contributed by atoms with Crippen molar-refractivity contribution < 1.29 is 4.79 Å². The van der Waals surface area contributed by atoms with Gasteiger partial charge in [0.15, 0.2) is 0 Å². The summed E-state index contributed by atoms with van der Waals surface area (Å²) in [6.07, 6.45) is 4.67. The van der Waals surface area contributed by atoms with E-state index in [0.29, 0.717) is 18.1 Å². The number of fused-ring (bicyclic) bond motifs is 2. The number of carbonyl (C=O) groups is 1. The van der Waals surface area contributed by atoms with E-state index in [-0.39, 0.29) is 5.91 Å². The molecule has 0 radical (unpaired) electrons. The highest BCUT2D eigenvalue weighted by atomic mass is 16.2. The maximum atomic E-state index is 13.0. The smallest absolute Gasteiger partial charge is 0.270 e. The number of rotatable bonds is 3. The number of hydrogen-bond donors (Lipinski definition) is 1. The second-order valence-corrected chi connectivity index (χ2v) is 7.21. The molecule has 1 N–H and O–H groups in total. The maximum absolute atomic E-state index is 13.0. The molecule has 1 amide bonds. The zero-order valence-corrected chi connectivity index (χ0v) is 14.4. The fourth-order valence-electron chi connectivity index (χ4n) is 4.31. The zero-order chi connectivity index (χ0) is 16.7. The lowest BCUT2D eigenvalue weighted by atomic mass is 9.98. The van der Waals surface area contributed by atoms with E-state index < -0.39 is 0 Å². The van der Waals surface area contributed by atoms with Crippen molar-refractivity contribution in [2.75, 3.05) is 7.05 Å². The molecular formula is C20H25N3O. The van der Waals surface area contributed by atoms with Crippen molar-refractivity contribution in [1.29, 1.82) is 0 Å². The Labute approximate surface area is 143 Å². The third-order valence-corrected chi connectivity index (χ3v) is 5.73. The van der Waals surface area contributed by atoms with E-state index in [1.54, 1.807) is 0 Å². The molecule has 0 spiro atoms. The Balaban J connectivity index is 1.55. The molecule has 2 bridgehead atoms. The van der Waals surface area contributed by atoms with E-state index in [1.165, 1.54) is 12.8 Å². The van der Waals surface area contributed by atoms with Crippen LogP contribution in [0.3, 0.4) is 0 Å². The minimum absolute atomic E-state index is 0.131. The van der Waals surface area contributed by atoms with Crippen molar-refractivity contribution in [3.63, 3.8) is 0 Å². The fraction of sp³-hybridized carbons (Fsp3) is 0.450. The van der Waals surface area contributed by atoms with Crippen molar-refractivity contribution in [2.24, 2.45) is 7.05 Å². The van der Waals surface area contributed by atoms with Crippen LogP contribution in [0.5, 0.6) is 0 Å². The van der Waals surface area contributed by atoms with E-state index in [1.807, 2.05) is 53.9 Å². The standard InChI is InChI=1S/C20H25N3O/c1-22(17-12-15-8-9-16(13-17)21-15)20(24)19-11-10-18(23(19)2)14-6-4-3-5-7-14/h3-7,10-11,15-17,21H,8-9,12-13H2,1-2H3. The van der Waals surface area contributed by atoms with Gasteiger partial charge in [0, 0.05) is 37.9 Å². The van der Waals surface area contributed by atoms with Crippen LogP contribution in [-0.4, -0.2) is 40.5 Å². The SMILES string of the molecule is CN(C(=O)c1ccc(-c2ccccc2)n1C)C1CC2CCC(C1)N2. The van der Waals surface area contributed by atoms with E-state index in [4.69, 9.17) is 0 Å². The highest BCUT2D eigenvalue weighted by Gasteiger charge is 2.36. The molecule has 2 atom stereocenters. The van der Waals surface area contributed by atoms with Gasteiger partial charge in [-0.1, -0.05) is 30.3 Å². The third kappa shape index (κ3) is 2.65. The fourth-order valence-corrected chi connectivity index (χ4v) is 4.31. The molecule has 2 saturated heterocycles. The van der Waals surface area contributed by atoms with Crippen molar-refractivity contribution >= 4 is 5.91 Å². The third-order valence-electron chi connectivity index (χ3n) is 5.73. The summed E-state index contributed by atoms with van der Waals surface area (Å²) < 4.78 is 2.02. The molecule has 4 nitrogen and oxygen atoms in total. The first kappa shape index (κ1) is 15.5. The Morgan fingerprint density at radius 3 is 2.42 bits per heavy atom. The number of piperidine rings is 1. The molecule has 3 heterocycles. The van der Waals surface area contributed by atoms with Crippen LogP contribution in [0.2, 0.25) is 0 Å². The molecule has 2 unspecified atom stereocenters. The Morgan fingerprint density at radius 2 is 1.75 bits per heavy atom. The summed E-state index contributed by atoms with van der Waals surface area (Å²) in [5.74, 6) is 0.131. The van der Waals surface area contributed by atoms with Gasteiger partial charge in [0.25, 0.3) is 5.91 Å². The average molecular weight is 323 g/mol. The molecule has 2 fully saturated rings.